The molecule has 1 N–H and O–H groups in total. The molecular weight excluding hydrogens is 254 g/mol. The topological polar surface area (TPSA) is 56.3 Å². The van der Waals surface area contributed by atoms with Crippen LogP contribution in [0.1, 0.15) is 12.8 Å². The van der Waals surface area contributed by atoms with Crippen LogP contribution in [0, 0.1) is 5.92 Å². The van der Waals surface area contributed by atoms with E-state index in [0.717, 1.165) is 37.0 Å². The molecule has 1 aromatic heterocycles. The Morgan fingerprint density at radius 2 is 2.05 bits per heavy atom. The summed E-state index contributed by atoms with van der Waals surface area (Å²) in [6.07, 6.45) is 2.11. The Morgan fingerprint density at radius 3 is 2.85 bits per heavy atom. The SMILES string of the molecule is CNc1nc(OCC2CCOCC2)c2ccccc2n1. The number of nitrogens with one attached hydrogen (secondary N) is 1. The molecule has 1 aliphatic rings. The zero-order valence-corrected chi connectivity index (χ0v) is 11.6. The molecule has 106 valence electrons. The highest BCUT2D eigenvalue weighted by Gasteiger charge is 2.16. The maximum absolute atomic E-state index is 5.95. The molecule has 0 saturated carbocycles. The Hall–Kier alpha value is -1.88. The van der Waals surface area contributed by atoms with E-state index in [9.17, 15) is 0 Å². The van der Waals surface area contributed by atoms with Crippen LogP contribution in [-0.4, -0.2) is 36.8 Å². The van der Waals surface area contributed by atoms with Crippen LogP contribution in [0.4, 0.5) is 5.95 Å². The van der Waals surface area contributed by atoms with Crippen LogP contribution >= 0.6 is 0 Å². The first-order valence-electron chi connectivity index (χ1n) is 7.02. The van der Waals surface area contributed by atoms with Crippen LogP contribution in [0.15, 0.2) is 24.3 Å². The minimum atomic E-state index is 0.551. The van der Waals surface area contributed by atoms with E-state index >= 15 is 0 Å². The van der Waals surface area contributed by atoms with Crippen molar-refractivity contribution in [3.8, 4) is 5.88 Å². The van der Waals surface area contributed by atoms with E-state index in [2.05, 4.69) is 15.3 Å². The molecule has 0 atom stereocenters. The van der Waals surface area contributed by atoms with Gasteiger partial charge in [0, 0.05) is 20.3 Å². The summed E-state index contributed by atoms with van der Waals surface area (Å²) in [5.41, 5.74) is 0.897. The van der Waals surface area contributed by atoms with Crippen LogP contribution in [-0.2, 0) is 4.74 Å². The summed E-state index contributed by atoms with van der Waals surface area (Å²) in [6, 6.07) is 7.91. The van der Waals surface area contributed by atoms with Crippen molar-refractivity contribution >= 4 is 16.9 Å². The van der Waals surface area contributed by atoms with Gasteiger partial charge in [-0.15, -0.1) is 0 Å². The van der Waals surface area contributed by atoms with Gasteiger partial charge in [-0.1, -0.05) is 12.1 Å². The molecule has 0 unspecified atom stereocenters. The maximum Gasteiger partial charge on any atom is 0.226 e. The fourth-order valence-electron chi connectivity index (χ4n) is 2.38. The quantitative estimate of drug-likeness (QED) is 0.927. The molecule has 1 aliphatic heterocycles. The third-order valence-electron chi connectivity index (χ3n) is 3.59. The van der Waals surface area contributed by atoms with E-state index in [0.29, 0.717) is 24.4 Å². The second-order valence-electron chi connectivity index (χ2n) is 4.99. The van der Waals surface area contributed by atoms with Crippen LogP contribution in [0.2, 0.25) is 0 Å². The number of rotatable bonds is 4. The molecule has 1 aromatic carbocycles. The number of hydrogen-bond acceptors (Lipinski definition) is 5. The highest BCUT2D eigenvalue weighted by atomic mass is 16.5. The summed E-state index contributed by atoms with van der Waals surface area (Å²) in [7, 11) is 1.81. The lowest BCUT2D eigenvalue weighted by molar-refractivity contribution is 0.0493. The predicted molar refractivity (Wildman–Crippen MR) is 78.1 cm³/mol. The van der Waals surface area contributed by atoms with Crippen molar-refractivity contribution in [3.63, 3.8) is 0 Å². The Kier molecular flexibility index (Phi) is 3.97. The van der Waals surface area contributed by atoms with Gasteiger partial charge in [0.2, 0.25) is 11.8 Å². The average Bonchev–Trinajstić information content (AvgIpc) is 2.53. The van der Waals surface area contributed by atoms with E-state index < -0.39 is 0 Å². The first-order valence-corrected chi connectivity index (χ1v) is 7.02. The fourth-order valence-corrected chi connectivity index (χ4v) is 2.38. The standard InChI is InChI=1S/C15H19N3O2/c1-16-15-17-13-5-3-2-4-12(13)14(18-15)20-10-11-6-8-19-9-7-11/h2-5,11H,6-10H2,1H3,(H,16,17,18). The second-order valence-corrected chi connectivity index (χ2v) is 4.99. The molecule has 0 aliphatic carbocycles. The highest BCUT2D eigenvalue weighted by molar-refractivity contribution is 5.84. The van der Waals surface area contributed by atoms with Crippen molar-refractivity contribution in [2.45, 2.75) is 12.8 Å². The minimum absolute atomic E-state index is 0.551. The van der Waals surface area contributed by atoms with E-state index in [-0.39, 0.29) is 0 Å². The molecule has 1 saturated heterocycles. The molecule has 2 aromatic rings. The lowest BCUT2D eigenvalue weighted by Gasteiger charge is -2.22. The van der Waals surface area contributed by atoms with E-state index in [4.69, 9.17) is 9.47 Å². The molecule has 5 heteroatoms. The van der Waals surface area contributed by atoms with E-state index in [1.54, 1.807) is 0 Å². The molecule has 0 amide bonds. The molecule has 20 heavy (non-hydrogen) atoms. The third-order valence-corrected chi connectivity index (χ3v) is 3.59. The molecule has 0 spiro atoms. The average molecular weight is 273 g/mol. The lowest BCUT2D eigenvalue weighted by atomic mass is 10.0. The largest absolute Gasteiger partial charge is 0.477 e. The van der Waals surface area contributed by atoms with E-state index in [1.807, 2.05) is 31.3 Å². The number of aromatic nitrogens is 2. The highest BCUT2D eigenvalue weighted by Crippen LogP contribution is 2.25. The Labute approximate surface area is 118 Å². The van der Waals surface area contributed by atoms with Gasteiger partial charge < -0.3 is 14.8 Å². The van der Waals surface area contributed by atoms with Crippen molar-refractivity contribution in [3.05, 3.63) is 24.3 Å². The van der Waals surface area contributed by atoms with Crippen molar-refractivity contribution in [1.29, 1.82) is 0 Å². The maximum atomic E-state index is 5.95. The van der Waals surface area contributed by atoms with Gasteiger partial charge in [-0.2, -0.15) is 4.98 Å². The summed E-state index contributed by atoms with van der Waals surface area (Å²) in [5.74, 6) is 1.80. The Bertz CT molecular complexity index is 582. The van der Waals surface area contributed by atoms with Gasteiger partial charge in [-0.3, -0.25) is 0 Å². The zero-order valence-electron chi connectivity index (χ0n) is 11.6. The van der Waals surface area contributed by atoms with Gasteiger partial charge in [0.1, 0.15) is 0 Å². The molecular formula is C15H19N3O2. The summed E-state index contributed by atoms with van der Waals surface area (Å²) in [6.45, 7) is 2.36. The number of benzene rings is 1. The van der Waals surface area contributed by atoms with Gasteiger partial charge in [0.15, 0.2) is 0 Å². The van der Waals surface area contributed by atoms with Crippen LogP contribution in [0.5, 0.6) is 5.88 Å². The molecule has 5 nitrogen and oxygen atoms in total. The number of ether oxygens (including phenoxy) is 2. The predicted octanol–water partition coefficient (Wildman–Crippen LogP) is 2.48. The number of fused-ring (bicyclic) bond motifs is 1. The third kappa shape index (κ3) is 2.82. The normalized spacial score (nSPS) is 16.2. The lowest BCUT2D eigenvalue weighted by Crippen LogP contribution is -2.21. The molecule has 1 fully saturated rings. The summed E-state index contributed by atoms with van der Waals surface area (Å²) < 4.78 is 11.3. The van der Waals surface area contributed by atoms with Gasteiger partial charge in [0.05, 0.1) is 17.5 Å². The van der Waals surface area contributed by atoms with Crippen LogP contribution < -0.4 is 10.1 Å². The number of anilines is 1. The summed E-state index contributed by atoms with van der Waals surface area (Å²) >= 11 is 0. The van der Waals surface area contributed by atoms with Gasteiger partial charge in [-0.25, -0.2) is 4.98 Å². The first-order chi connectivity index (χ1) is 9.86. The second kappa shape index (κ2) is 6.05. The minimum Gasteiger partial charge on any atom is -0.477 e. The summed E-state index contributed by atoms with van der Waals surface area (Å²) in [5, 5.41) is 3.93. The fraction of sp³-hybridized carbons (Fsp3) is 0.467. The molecule has 0 radical (unpaired) electrons. The van der Waals surface area contributed by atoms with Gasteiger partial charge in [-0.05, 0) is 30.9 Å². The van der Waals surface area contributed by atoms with Crippen molar-refractivity contribution in [2.75, 3.05) is 32.2 Å². The van der Waals surface area contributed by atoms with Crippen molar-refractivity contribution < 1.29 is 9.47 Å². The number of nitrogens with zero attached hydrogens (tertiary/aromatic N) is 2. The molecule has 0 bridgehead atoms. The van der Waals surface area contributed by atoms with E-state index in [1.165, 1.54) is 0 Å². The Morgan fingerprint density at radius 1 is 1.25 bits per heavy atom. The zero-order chi connectivity index (χ0) is 13.8. The first kappa shape index (κ1) is 13.1. The van der Waals surface area contributed by atoms with Crippen molar-refractivity contribution in [1.82, 2.24) is 9.97 Å². The van der Waals surface area contributed by atoms with Gasteiger partial charge >= 0.3 is 0 Å². The number of para-hydroxylation sites is 1. The van der Waals surface area contributed by atoms with Crippen LogP contribution in [0.3, 0.4) is 0 Å². The monoisotopic (exact) mass is 273 g/mol. The number of hydrogen-bond donors (Lipinski definition) is 1. The van der Waals surface area contributed by atoms with Crippen LogP contribution in [0.25, 0.3) is 10.9 Å². The van der Waals surface area contributed by atoms with Gasteiger partial charge in [0.25, 0.3) is 0 Å². The Balaban J connectivity index is 1.81. The summed E-state index contributed by atoms with van der Waals surface area (Å²) in [4.78, 5) is 8.85. The smallest absolute Gasteiger partial charge is 0.226 e. The van der Waals surface area contributed by atoms with Crippen molar-refractivity contribution in [2.24, 2.45) is 5.92 Å². The molecule has 2 heterocycles. The molecule has 3 rings (SSSR count).